The van der Waals surface area contributed by atoms with Crippen molar-refractivity contribution in [1.82, 2.24) is 15.3 Å². The maximum absolute atomic E-state index is 12.6. The third-order valence-corrected chi connectivity index (χ3v) is 6.89. The minimum atomic E-state index is -3.67. The van der Waals surface area contributed by atoms with Gasteiger partial charge < -0.3 is 15.4 Å². The van der Waals surface area contributed by atoms with Crippen LogP contribution in [0.4, 0.5) is 22.0 Å². The monoisotopic (exact) mass is 545 g/mol. The van der Waals surface area contributed by atoms with E-state index in [0.29, 0.717) is 18.1 Å². The van der Waals surface area contributed by atoms with E-state index in [9.17, 15) is 13.2 Å². The van der Waals surface area contributed by atoms with Crippen LogP contribution < -0.4 is 15.4 Å². The lowest BCUT2D eigenvalue weighted by atomic mass is 10.1. The van der Waals surface area contributed by atoms with Gasteiger partial charge in [0.15, 0.2) is 0 Å². The van der Waals surface area contributed by atoms with Gasteiger partial charge in [-0.3, -0.25) is 4.72 Å². The van der Waals surface area contributed by atoms with Crippen LogP contribution in [0, 0.1) is 6.92 Å². The smallest absolute Gasteiger partial charge is 0.407 e. The van der Waals surface area contributed by atoms with Gasteiger partial charge in [0, 0.05) is 29.5 Å². The molecule has 0 aliphatic heterocycles. The van der Waals surface area contributed by atoms with Crippen LogP contribution in [-0.4, -0.2) is 30.1 Å². The number of benzene rings is 3. The highest BCUT2D eigenvalue weighted by molar-refractivity contribution is 7.92. The van der Waals surface area contributed by atoms with E-state index in [-0.39, 0.29) is 4.90 Å². The Morgan fingerprint density at radius 3 is 2.15 bits per heavy atom. The van der Waals surface area contributed by atoms with Crippen molar-refractivity contribution in [1.29, 1.82) is 0 Å². The second kappa shape index (κ2) is 11.5. The summed E-state index contributed by atoms with van der Waals surface area (Å²) >= 11 is 0. The van der Waals surface area contributed by atoms with Crippen molar-refractivity contribution in [2.45, 2.75) is 44.7 Å². The molecule has 4 aromatic rings. The number of alkyl carbamates (subject to hydrolysis) is 1. The standard InChI is InChI=1S/C29H31N5O4S/c1-20-5-15-25(16-6-20)39(36,37)34-24-13-11-23(12-14-24)33-27-17-26(31-19-32-27)22-9-7-21(8-10-22)18-30-28(35)38-29(2,3)4/h5-17,19,34H,18H2,1-4H3,(H,30,35)(H,31,32,33). The number of nitrogens with zero attached hydrogens (tertiary/aromatic N) is 2. The van der Waals surface area contributed by atoms with Gasteiger partial charge in [-0.25, -0.2) is 23.2 Å². The quantitative estimate of drug-likeness (QED) is 0.247. The van der Waals surface area contributed by atoms with Crippen molar-refractivity contribution < 1.29 is 17.9 Å². The summed E-state index contributed by atoms with van der Waals surface area (Å²) in [6.07, 6.45) is 1.01. The molecule has 3 aromatic carbocycles. The summed E-state index contributed by atoms with van der Waals surface area (Å²) in [6, 6.07) is 23.1. The SMILES string of the molecule is Cc1ccc(S(=O)(=O)Nc2ccc(Nc3cc(-c4ccc(CNC(=O)OC(C)(C)C)cc4)ncn3)cc2)cc1. The molecule has 4 rings (SSSR count). The topological polar surface area (TPSA) is 122 Å². The normalized spacial score (nSPS) is 11.5. The maximum Gasteiger partial charge on any atom is 0.407 e. The Balaban J connectivity index is 1.37. The molecule has 202 valence electrons. The van der Waals surface area contributed by atoms with Crippen LogP contribution >= 0.6 is 0 Å². The summed E-state index contributed by atoms with van der Waals surface area (Å²) in [5.41, 5.74) is 4.17. The number of nitrogens with one attached hydrogen (secondary N) is 3. The molecule has 0 radical (unpaired) electrons. The molecule has 9 nitrogen and oxygen atoms in total. The highest BCUT2D eigenvalue weighted by atomic mass is 32.2. The second-order valence-corrected chi connectivity index (χ2v) is 11.6. The average Bonchev–Trinajstić information content (AvgIpc) is 2.88. The van der Waals surface area contributed by atoms with Gasteiger partial charge in [0.2, 0.25) is 0 Å². The van der Waals surface area contributed by atoms with Crippen LogP contribution in [-0.2, 0) is 21.3 Å². The van der Waals surface area contributed by atoms with Crippen molar-refractivity contribution in [3.8, 4) is 11.3 Å². The van der Waals surface area contributed by atoms with Crippen molar-refractivity contribution in [2.75, 3.05) is 10.0 Å². The molecule has 1 heterocycles. The molecule has 0 saturated carbocycles. The van der Waals surface area contributed by atoms with Crippen LogP contribution in [0.5, 0.6) is 0 Å². The molecule has 1 amide bonds. The fourth-order valence-corrected chi connectivity index (χ4v) is 4.62. The Morgan fingerprint density at radius 1 is 0.872 bits per heavy atom. The third-order valence-electron chi connectivity index (χ3n) is 5.49. The summed E-state index contributed by atoms with van der Waals surface area (Å²) in [7, 11) is -3.67. The third kappa shape index (κ3) is 8.02. The molecule has 0 aliphatic carbocycles. The van der Waals surface area contributed by atoms with Crippen molar-refractivity contribution >= 4 is 33.3 Å². The number of aryl methyl sites for hydroxylation is 1. The second-order valence-electron chi connectivity index (χ2n) is 9.96. The first kappa shape index (κ1) is 27.6. The number of hydrogen-bond donors (Lipinski definition) is 3. The molecule has 1 aromatic heterocycles. The summed E-state index contributed by atoms with van der Waals surface area (Å²) < 4.78 is 33.1. The molecule has 3 N–H and O–H groups in total. The van der Waals surface area contributed by atoms with E-state index in [1.54, 1.807) is 48.5 Å². The van der Waals surface area contributed by atoms with Gasteiger partial charge in [-0.2, -0.15) is 0 Å². The zero-order chi connectivity index (χ0) is 28.0. The first-order chi connectivity index (χ1) is 18.5. The first-order valence-electron chi connectivity index (χ1n) is 12.3. The van der Waals surface area contributed by atoms with E-state index >= 15 is 0 Å². The van der Waals surface area contributed by atoms with Gasteiger partial charge in [0.25, 0.3) is 10.0 Å². The Bertz CT molecular complexity index is 1530. The minimum Gasteiger partial charge on any atom is -0.444 e. The van der Waals surface area contributed by atoms with E-state index in [2.05, 4.69) is 25.3 Å². The minimum absolute atomic E-state index is 0.205. The number of anilines is 3. The number of hydrogen-bond acceptors (Lipinski definition) is 7. The number of carbonyl (C=O) groups excluding carboxylic acids is 1. The van der Waals surface area contributed by atoms with Gasteiger partial charge in [0.05, 0.1) is 10.6 Å². The van der Waals surface area contributed by atoms with Crippen LogP contribution in [0.15, 0.2) is 90.1 Å². The molecule has 0 atom stereocenters. The van der Waals surface area contributed by atoms with Crippen LogP contribution in [0.25, 0.3) is 11.3 Å². The van der Waals surface area contributed by atoms with Gasteiger partial charge in [0.1, 0.15) is 17.7 Å². The number of sulfonamides is 1. The van der Waals surface area contributed by atoms with E-state index < -0.39 is 21.7 Å². The number of carbonyl (C=O) groups is 1. The predicted octanol–water partition coefficient (Wildman–Crippen LogP) is 6.02. The molecule has 10 heteroatoms. The predicted molar refractivity (Wildman–Crippen MR) is 152 cm³/mol. The number of amides is 1. The Morgan fingerprint density at radius 2 is 1.51 bits per heavy atom. The molecule has 0 fully saturated rings. The van der Waals surface area contributed by atoms with Crippen molar-refractivity contribution in [2.24, 2.45) is 0 Å². The molecule has 0 bridgehead atoms. The largest absolute Gasteiger partial charge is 0.444 e. The van der Waals surface area contributed by atoms with E-state index in [1.165, 1.54) is 6.33 Å². The van der Waals surface area contributed by atoms with Gasteiger partial charge in [-0.15, -0.1) is 0 Å². The summed E-state index contributed by atoms with van der Waals surface area (Å²) in [6.45, 7) is 7.71. The van der Waals surface area contributed by atoms with Gasteiger partial charge in [-0.1, -0.05) is 42.0 Å². The van der Waals surface area contributed by atoms with E-state index in [4.69, 9.17) is 4.74 Å². The molecular formula is C29H31N5O4S. The Hall–Kier alpha value is -4.44. The lowest BCUT2D eigenvalue weighted by Gasteiger charge is -2.19. The average molecular weight is 546 g/mol. The highest BCUT2D eigenvalue weighted by Gasteiger charge is 2.16. The lowest BCUT2D eigenvalue weighted by molar-refractivity contribution is 0.0523. The summed E-state index contributed by atoms with van der Waals surface area (Å²) in [4.78, 5) is 20.7. The van der Waals surface area contributed by atoms with Gasteiger partial charge >= 0.3 is 6.09 Å². The molecule has 39 heavy (non-hydrogen) atoms. The van der Waals surface area contributed by atoms with E-state index in [1.807, 2.05) is 58.0 Å². The lowest BCUT2D eigenvalue weighted by Crippen LogP contribution is -2.32. The molecule has 0 unspecified atom stereocenters. The van der Waals surface area contributed by atoms with Crippen LogP contribution in [0.2, 0.25) is 0 Å². The van der Waals surface area contributed by atoms with Crippen molar-refractivity contribution in [3.05, 3.63) is 96.3 Å². The molecular weight excluding hydrogens is 514 g/mol. The zero-order valence-corrected chi connectivity index (χ0v) is 23.0. The summed E-state index contributed by atoms with van der Waals surface area (Å²) in [5.74, 6) is 0.587. The molecule has 0 saturated heterocycles. The zero-order valence-electron chi connectivity index (χ0n) is 22.2. The van der Waals surface area contributed by atoms with Crippen LogP contribution in [0.3, 0.4) is 0 Å². The van der Waals surface area contributed by atoms with Crippen molar-refractivity contribution in [3.63, 3.8) is 0 Å². The maximum atomic E-state index is 12.6. The Labute approximate surface area is 228 Å². The fraction of sp³-hybridized carbons (Fsp3) is 0.207. The summed E-state index contributed by atoms with van der Waals surface area (Å²) in [5, 5.41) is 5.96. The number of ether oxygens (including phenoxy) is 1. The Kier molecular flexibility index (Phi) is 8.15. The number of aromatic nitrogens is 2. The highest BCUT2D eigenvalue weighted by Crippen LogP contribution is 2.24. The number of rotatable bonds is 8. The van der Waals surface area contributed by atoms with E-state index in [0.717, 1.165) is 28.1 Å². The molecule has 0 spiro atoms. The molecule has 0 aliphatic rings. The van der Waals surface area contributed by atoms with Gasteiger partial charge in [-0.05, 0) is 69.7 Å². The van der Waals surface area contributed by atoms with Crippen LogP contribution in [0.1, 0.15) is 31.9 Å². The first-order valence-corrected chi connectivity index (χ1v) is 13.8. The fourth-order valence-electron chi connectivity index (χ4n) is 3.57.